The van der Waals surface area contributed by atoms with Crippen molar-refractivity contribution in [3.05, 3.63) is 30.9 Å². The van der Waals surface area contributed by atoms with Gasteiger partial charge < -0.3 is 12.4 Å². The molecule has 0 amide bonds. The fourth-order valence-corrected chi connectivity index (χ4v) is 1.23. The van der Waals surface area contributed by atoms with E-state index in [0.717, 1.165) is 13.0 Å². The predicted octanol–water partition coefficient (Wildman–Crippen LogP) is -1.93. The fraction of sp³-hybridized carbons (Fsp3) is 0.444. The molecule has 68 valence electrons. The zero-order chi connectivity index (χ0) is 8.27. The minimum absolute atomic E-state index is 0. The first-order valence-electron chi connectivity index (χ1n) is 3.94. The van der Waals surface area contributed by atoms with Crippen molar-refractivity contribution in [3.8, 4) is 0 Å². The molecule has 0 aromatic carbocycles. The molecule has 1 aromatic rings. The molecular weight excluding hydrogens is 172 g/mol. The molecule has 0 fully saturated rings. The van der Waals surface area contributed by atoms with Gasteiger partial charge in [0.15, 0.2) is 0 Å². The third-order valence-electron chi connectivity index (χ3n) is 1.88. The van der Waals surface area contributed by atoms with Gasteiger partial charge in [-0.2, -0.15) is 0 Å². The number of nitrogens with zero attached hydrogens (tertiary/aromatic N) is 2. The lowest BCUT2D eigenvalue weighted by atomic mass is 10.4. The van der Waals surface area contributed by atoms with Crippen molar-refractivity contribution in [2.24, 2.45) is 7.05 Å². The van der Waals surface area contributed by atoms with Gasteiger partial charge >= 0.3 is 0 Å². The molecule has 1 heterocycles. The van der Waals surface area contributed by atoms with Crippen molar-refractivity contribution in [2.45, 2.75) is 19.9 Å². The van der Waals surface area contributed by atoms with Gasteiger partial charge in [0, 0.05) is 0 Å². The normalized spacial score (nSPS) is 9.17. The molecule has 1 rings (SSSR count). The van der Waals surface area contributed by atoms with E-state index in [2.05, 4.69) is 42.1 Å². The summed E-state index contributed by atoms with van der Waals surface area (Å²) in [6.45, 7) is 6.90. The molecule has 2 nitrogen and oxygen atoms in total. The molecule has 3 heteroatoms. The maximum absolute atomic E-state index is 3.73. The lowest BCUT2D eigenvalue weighted by Crippen LogP contribution is -3.00. The number of rotatable bonds is 3. The first kappa shape index (κ1) is 11.2. The highest BCUT2D eigenvalue weighted by Gasteiger charge is 2.09. The van der Waals surface area contributed by atoms with Crippen molar-refractivity contribution < 1.29 is 17.0 Å². The Labute approximate surface area is 79.9 Å². The molecule has 0 atom stereocenters. The van der Waals surface area contributed by atoms with Gasteiger partial charge in [-0.3, -0.25) is 0 Å². The summed E-state index contributed by atoms with van der Waals surface area (Å²) in [6.07, 6.45) is 7.04. The molecule has 0 aliphatic rings. The highest BCUT2D eigenvalue weighted by atomic mass is 35.5. The Hall–Kier alpha value is -0.760. The van der Waals surface area contributed by atoms with Crippen molar-refractivity contribution in [1.29, 1.82) is 0 Å². The number of aromatic nitrogens is 2. The summed E-state index contributed by atoms with van der Waals surface area (Å²) >= 11 is 0. The van der Waals surface area contributed by atoms with E-state index in [-0.39, 0.29) is 12.4 Å². The second-order valence-corrected chi connectivity index (χ2v) is 2.60. The quantitative estimate of drug-likeness (QED) is 0.384. The maximum Gasteiger partial charge on any atom is 0.260 e. The van der Waals surface area contributed by atoms with Gasteiger partial charge in [0.05, 0.1) is 20.0 Å². The predicted molar refractivity (Wildman–Crippen MR) is 45.2 cm³/mol. The number of aryl methyl sites for hydroxylation is 2. The highest BCUT2D eigenvalue weighted by Crippen LogP contribution is 1.95. The molecule has 0 aliphatic heterocycles. The molecule has 0 saturated carbocycles. The Bertz CT molecular complexity index is 253. The average molecular weight is 187 g/mol. The van der Waals surface area contributed by atoms with E-state index >= 15 is 0 Å². The number of halogens is 1. The first-order chi connectivity index (χ1) is 5.29. The SMILES string of the molecule is C=CCc1n(CC)cc[n+]1C.[Cl-]. The molecule has 0 saturated heterocycles. The fourth-order valence-electron chi connectivity index (χ4n) is 1.23. The molecular formula is C9H15ClN2. The van der Waals surface area contributed by atoms with Gasteiger partial charge in [0.25, 0.3) is 5.82 Å². The molecule has 0 radical (unpaired) electrons. The van der Waals surface area contributed by atoms with Crippen LogP contribution in [0.3, 0.4) is 0 Å². The van der Waals surface area contributed by atoms with Gasteiger partial charge in [-0.05, 0) is 6.92 Å². The summed E-state index contributed by atoms with van der Waals surface area (Å²) in [7, 11) is 2.06. The van der Waals surface area contributed by atoms with Crippen LogP contribution in [0.15, 0.2) is 25.0 Å². The van der Waals surface area contributed by atoms with E-state index in [1.807, 2.05) is 6.08 Å². The van der Waals surface area contributed by atoms with Crippen LogP contribution in [0, 0.1) is 0 Å². The van der Waals surface area contributed by atoms with Crippen LogP contribution in [-0.4, -0.2) is 4.57 Å². The van der Waals surface area contributed by atoms with Crippen LogP contribution < -0.4 is 17.0 Å². The lowest BCUT2D eigenvalue weighted by Gasteiger charge is -1.95. The van der Waals surface area contributed by atoms with E-state index in [0.29, 0.717) is 0 Å². The molecule has 0 bridgehead atoms. The summed E-state index contributed by atoms with van der Waals surface area (Å²) in [5.74, 6) is 1.31. The standard InChI is InChI=1S/C9H15N2.ClH/c1-4-6-9-10(3)7-8-11(9)5-2;/h4,7-8H,1,5-6H2,2-3H3;1H/q+1;/p-1. The van der Waals surface area contributed by atoms with Gasteiger partial charge in [-0.25, -0.2) is 9.13 Å². The minimum Gasteiger partial charge on any atom is -1.00 e. The van der Waals surface area contributed by atoms with Crippen LogP contribution >= 0.6 is 0 Å². The third kappa shape index (κ3) is 2.11. The van der Waals surface area contributed by atoms with Crippen molar-refractivity contribution >= 4 is 0 Å². The van der Waals surface area contributed by atoms with E-state index in [1.165, 1.54) is 5.82 Å². The van der Waals surface area contributed by atoms with Crippen LogP contribution in [-0.2, 0) is 20.0 Å². The summed E-state index contributed by atoms with van der Waals surface area (Å²) < 4.78 is 4.35. The molecule has 1 aromatic heterocycles. The molecule has 0 aliphatic carbocycles. The van der Waals surface area contributed by atoms with Crippen LogP contribution in [0.4, 0.5) is 0 Å². The first-order valence-corrected chi connectivity index (χ1v) is 3.94. The van der Waals surface area contributed by atoms with Crippen molar-refractivity contribution in [2.75, 3.05) is 0 Å². The minimum atomic E-state index is 0. The molecule has 12 heavy (non-hydrogen) atoms. The van der Waals surface area contributed by atoms with Crippen molar-refractivity contribution in [3.63, 3.8) is 0 Å². The zero-order valence-electron chi connectivity index (χ0n) is 7.63. The Balaban J connectivity index is 0.00000121. The van der Waals surface area contributed by atoms with E-state index in [9.17, 15) is 0 Å². The van der Waals surface area contributed by atoms with Gasteiger partial charge in [0.2, 0.25) is 0 Å². The van der Waals surface area contributed by atoms with Crippen LogP contribution in [0.2, 0.25) is 0 Å². The monoisotopic (exact) mass is 186 g/mol. The van der Waals surface area contributed by atoms with Crippen LogP contribution in [0.1, 0.15) is 12.7 Å². The Kier molecular flexibility index (Phi) is 4.67. The zero-order valence-corrected chi connectivity index (χ0v) is 8.38. The Morgan fingerprint density at radius 1 is 1.67 bits per heavy atom. The molecule has 0 unspecified atom stereocenters. The highest BCUT2D eigenvalue weighted by molar-refractivity contribution is 4.89. The number of hydrogen-bond acceptors (Lipinski definition) is 0. The molecule has 0 spiro atoms. The van der Waals surface area contributed by atoms with E-state index < -0.39 is 0 Å². The van der Waals surface area contributed by atoms with E-state index in [1.54, 1.807) is 0 Å². The van der Waals surface area contributed by atoms with Crippen LogP contribution in [0.5, 0.6) is 0 Å². The summed E-state index contributed by atoms with van der Waals surface area (Å²) in [5, 5.41) is 0. The maximum atomic E-state index is 3.73. The van der Waals surface area contributed by atoms with Gasteiger partial charge in [0.1, 0.15) is 12.4 Å². The van der Waals surface area contributed by atoms with Crippen LogP contribution in [0.25, 0.3) is 0 Å². The topological polar surface area (TPSA) is 8.81 Å². The Morgan fingerprint density at radius 3 is 2.83 bits per heavy atom. The second kappa shape index (κ2) is 4.99. The van der Waals surface area contributed by atoms with Crippen molar-refractivity contribution in [1.82, 2.24) is 4.57 Å². The largest absolute Gasteiger partial charge is 1.00 e. The smallest absolute Gasteiger partial charge is 0.260 e. The average Bonchev–Trinajstić information content (AvgIpc) is 2.34. The van der Waals surface area contributed by atoms with E-state index in [4.69, 9.17) is 0 Å². The number of allylic oxidation sites excluding steroid dienone is 1. The Morgan fingerprint density at radius 2 is 2.33 bits per heavy atom. The lowest BCUT2D eigenvalue weighted by molar-refractivity contribution is -0.678. The summed E-state index contributed by atoms with van der Waals surface area (Å²) in [4.78, 5) is 0. The van der Waals surface area contributed by atoms with Gasteiger partial charge in [-0.1, -0.05) is 6.08 Å². The second-order valence-electron chi connectivity index (χ2n) is 2.60. The number of imidazole rings is 1. The summed E-state index contributed by atoms with van der Waals surface area (Å²) in [6, 6.07) is 0. The third-order valence-corrected chi connectivity index (χ3v) is 1.88. The summed E-state index contributed by atoms with van der Waals surface area (Å²) in [5.41, 5.74) is 0. The van der Waals surface area contributed by atoms with Gasteiger partial charge in [-0.15, -0.1) is 6.58 Å². The molecule has 0 N–H and O–H groups in total. The number of hydrogen-bond donors (Lipinski definition) is 0.